The van der Waals surface area contributed by atoms with Crippen molar-refractivity contribution in [3.63, 3.8) is 0 Å². The van der Waals surface area contributed by atoms with Crippen LogP contribution in [-0.4, -0.2) is 42.8 Å². The van der Waals surface area contributed by atoms with Crippen molar-refractivity contribution in [3.8, 4) is 0 Å². The molecule has 0 aliphatic heterocycles. The van der Waals surface area contributed by atoms with Gasteiger partial charge in [-0.3, -0.25) is 4.79 Å². The van der Waals surface area contributed by atoms with E-state index < -0.39 is 0 Å². The Morgan fingerprint density at radius 2 is 2.00 bits per heavy atom. The molecular weight excluding hydrogens is 326 g/mol. The fraction of sp³-hybridized carbons (Fsp3) is 0.353. The third kappa shape index (κ3) is 7.08. The zero-order chi connectivity index (χ0) is 17.0. The van der Waals surface area contributed by atoms with Crippen molar-refractivity contribution in [3.05, 3.63) is 42.7 Å². The smallest absolute Gasteiger partial charge is 0.224 e. The van der Waals surface area contributed by atoms with Gasteiger partial charge >= 0.3 is 0 Å². The molecule has 0 aromatic carbocycles. The van der Waals surface area contributed by atoms with Gasteiger partial charge < -0.3 is 14.8 Å². The van der Waals surface area contributed by atoms with Crippen molar-refractivity contribution in [2.24, 2.45) is 0 Å². The number of methoxy groups -OCH3 is 1. The van der Waals surface area contributed by atoms with Crippen LogP contribution in [0.3, 0.4) is 0 Å². The molecule has 0 saturated carbocycles. The van der Waals surface area contributed by atoms with E-state index in [4.69, 9.17) is 9.47 Å². The first-order chi connectivity index (χ1) is 11.8. The summed E-state index contributed by atoms with van der Waals surface area (Å²) >= 11 is 1.45. The minimum Gasteiger partial charge on any atom is -0.382 e. The van der Waals surface area contributed by atoms with Crippen LogP contribution in [0.1, 0.15) is 12.8 Å². The molecule has 2 aromatic rings. The van der Waals surface area contributed by atoms with E-state index in [1.165, 1.54) is 11.8 Å². The summed E-state index contributed by atoms with van der Waals surface area (Å²) in [5.74, 6) is -0.0367. The first-order valence-electron chi connectivity index (χ1n) is 7.69. The van der Waals surface area contributed by atoms with E-state index in [0.29, 0.717) is 32.7 Å². The average Bonchev–Trinajstić information content (AvgIpc) is 2.59. The fourth-order valence-electron chi connectivity index (χ4n) is 1.86. The van der Waals surface area contributed by atoms with Gasteiger partial charge in [-0.15, -0.1) is 0 Å². The second kappa shape index (κ2) is 10.7. The standard InChI is InChI=1S/C17H21N3O3S/c1-22-11-12-23-10-4-5-15(21)20-14-7-9-19-17(13-14)24-16-6-2-3-8-18-16/h2-3,6-9,13H,4-5,10-12H2,1H3,(H,19,20,21). The van der Waals surface area contributed by atoms with Crippen LogP contribution in [0, 0.1) is 0 Å². The lowest BCUT2D eigenvalue weighted by Crippen LogP contribution is -2.13. The van der Waals surface area contributed by atoms with Crippen molar-refractivity contribution in [2.45, 2.75) is 22.9 Å². The maximum Gasteiger partial charge on any atom is 0.224 e. The van der Waals surface area contributed by atoms with Crippen molar-refractivity contribution >= 4 is 23.4 Å². The first kappa shape index (κ1) is 18.4. The second-order valence-corrected chi connectivity index (χ2v) is 5.95. The van der Waals surface area contributed by atoms with Crippen LogP contribution < -0.4 is 5.32 Å². The van der Waals surface area contributed by atoms with Gasteiger partial charge in [0.2, 0.25) is 5.91 Å². The Labute approximate surface area is 146 Å². The van der Waals surface area contributed by atoms with Crippen LogP contribution in [0.25, 0.3) is 0 Å². The van der Waals surface area contributed by atoms with E-state index in [9.17, 15) is 4.79 Å². The molecule has 0 aliphatic rings. The summed E-state index contributed by atoms with van der Waals surface area (Å²) in [4.78, 5) is 20.5. The highest BCUT2D eigenvalue weighted by atomic mass is 32.2. The number of carbonyl (C=O) groups is 1. The summed E-state index contributed by atoms with van der Waals surface area (Å²) in [7, 11) is 1.63. The Morgan fingerprint density at radius 1 is 1.12 bits per heavy atom. The number of nitrogens with one attached hydrogen (secondary N) is 1. The van der Waals surface area contributed by atoms with Gasteiger partial charge in [0.05, 0.1) is 13.2 Å². The van der Waals surface area contributed by atoms with Crippen LogP contribution in [-0.2, 0) is 14.3 Å². The highest BCUT2D eigenvalue weighted by molar-refractivity contribution is 7.99. The third-order valence-electron chi connectivity index (χ3n) is 2.99. The molecule has 128 valence electrons. The summed E-state index contributed by atoms with van der Waals surface area (Å²) in [5.41, 5.74) is 0.730. The van der Waals surface area contributed by atoms with E-state index in [1.807, 2.05) is 24.3 Å². The normalized spacial score (nSPS) is 10.5. The van der Waals surface area contributed by atoms with E-state index in [2.05, 4.69) is 15.3 Å². The monoisotopic (exact) mass is 347 g/mol. The number of nitrogens with zero attached hydrogens (tertiary/aromatic N) is 2. The van der Waals surface area contributed by atoms with Gasteiger partial charge in [-0.1, -0.05) is 17.8 Å². The Bertz CT molecular complexity index is 625. The van der Waals surface area contributed by atoms with Crippen molar-refractivity contribution < 1.29 is 14.3 Å². The van der Waals surface area contributed by atoms with Gasteiger partial charge in [0, 0.05) is 38.2 Å². The molecule has 0 bridgehead atoms. The van der Waals surface area contributed by atoms with Gasteiger partial charge in [-0.25, -0.2) is 9.97 Å². The number of hydrogen-bond acceptors (Lipinski definition) is 6. The van der Waals surface area contributed by atoms with Gasteiger partial charge in [-0.05, 0) is 30.7 Å². The number of aromatic nitrogens is 2. The van der Waals surface area contributed by atoms with Crippen LogP contribution in [0.2, 0.25) is 0 Å². The lowest BCUT2D eigenvalue weighted by atomic mass is 10.3. The predicted octanol–water partition coefficient (Wildman–Crippen LogP) is 3.01. The lowest BCUT2D eigenvalue weighted by Gasteiger charge is -2.07. The van der Waals surface area contributed by atoms with Crippen molar-refractivity contribution in [2.75, 3.05) is 32.2 Å². The number of hydrogen-bond donors (Lipinski definition) is 1. The number of carbonyl (C=O) groups excluding carboxylic acids is 1. The van der Waals surface area contributed by atoms with Crippen LogP contribution in [0.15, 0.2) is 52.8 Å². The Kier molecular flexibility index (Phi) is 8.23. The van der Waals surface area contributed by atoms with Crippen molar-refractivity contribution in [1.29, 1.82) is 0 Å². The van der Waals surface area contributed by atoms with Gasteiger partial charge in [-0.2, -0.15) is 0 Å². The molecule has 1 N–H and O–H groups in total. The Morgan fingerprint density at radius 3 is 2.79 bits per heavy atom. The van der Waals surface area contributed by atoms with Gasteiger partial charge in [0.1, 0.15) is 10.1 Å². The summed E-state index contributed by atoms with van der Waals surface area (Å²) in [6.45, 7) is 1.67. The highest BCUT2D eigenvalue weighted by Crippen LogP contribution is 2.25. The Balaban J connectivity index is 1.76. The summed E-state index contributed by atoms with van der Waals surface area (Å²) < 4.78 is 10.2. The number of ether oxygens (including phenoxy) is 2. The topological polar surface area (TPSA) is 73.3 Å². The molecule has 7 heteroatoms. The quantitative estimate of drug-likeness (QED) is 0.666. The van der Waals surface area contributed by atoms with Crippen LogP contribution in [0.5, 0.6) is 0 Å². The maximum absolute atomic E-state index is 11.9. The minimum absolute atomic E-state index is 0.0367. The SMILES string of the molecule is COCCOCCCC(=O)Nc1ccnc(Sc2ccccn2)c1. The number of anilines is 1. The molecule has 0 aliphatic carbocycles. The van der Waals surface area contributed by atoms with E-state index in [-0.39, 0.29) is 5.91 Å². The molecule has 0 saturated heterocycles. The predicted molar refractivity (Wildman–Crippen MR) is 93.2 cm³/mol. The van der Waals surface area contributed by atoms with Gasteiger partial charge in [0.25, 0.3) is 0 Å². The summed E-state index contributed by atoms with van der Waals surface area (Å²) in [6, 6.07) is 9.33. The molecule has 2 heterocycles. The molecule has 0 atom stereocenters. The molecule has 2 rings (SSSR count). The van der Waals surface area contributed by atoms with Crippen molar-refractivity contribution in [1.82, 2.24) is 9.97 Å². The second-order valence-electron chi connectivity index (χ2n) is 4.91. The molecule has 0 unspecified atom stereocenters. The number of amides is 1. The third-order valence-corrected chi connectivity index (χ3v) is 3.87. The van der Waals surface area contributed by atoms with Gasteiger partial charge in [0.15, 0.2) is 0 Å². The lowest BCUT2D eigenvalue weighted by molar-refractivity contribution is -0.116. The zero-order valence-electron chi connectivity index (χ0n) is 13.6. The van der Waals surface area contributed by atoms with E-state index in [1.54, 1.807) is 25.6 Å². The summed E-state index contributed by atoms with van der Waals surface area (Å²) in [6.07, 6.45) is 4.51. The summed E-state index contributed by atoms with van der Waals surface area (Å²) in [5, 5.41) is 4.53. The number of pyridine rings is 2. The maximum atomic E-state index is 11.9. The van der Waals surface area contributed by atoms with E-state index >= 15 is 0 Å². The molecule has 0 fully saturated rings. The Hall–Kier alpha value is -1.96. The van der Waals surface area contributed by atoms with Crippen LogP contribution in [0.4, 0.5) is 5.69 Å². The first-order valence-corrected chi connectivity index (χ1v) is 8.51. The average molecular weight is 347 g/mol. The number of rotatable bonds is 10. The minimum atomic E-state index is -0.0367. The molecule has 0 spiro atoms. The highest BCUT2D eigenvalue weighted by Gasteiger charge is 2.05. The fourth-order valence-corrected chi connectivity index (χ4v) is 2.63. The molecule has 0 radical (unpaired) electrons. The van der Waals surface area contributed by atoms with E-state index in [0.717, 1.165) is 15.7 Å². The molecule has 24 heavy (non-hydrogen) atoms. The largest absolute Gasteiger partial charge is 0.382 e. The zero-order valence-corrected chi connectivity index (χ0v) is 14.4. The molecule has 1 amide bonds. The molecule has 2 aromatic heterocycles. The van der Waals surface area contributed by atoms with Crippen LogP contribution >= 0.6 is 11.8 Å². The molecular formula is C17H21N3O3S. The molecule has 6 nitrogen and oxygen atoms in total.